The summed E-state index contributed by atoms with van der Waals surface area (Å²) in [7, 11) is 0. The van der Waals surface area contributed by atoms with Gasteiger partial charge in [-0.1, -0.05) is 11.6 Å². The lowest BCUT2D eigenvalue weighted by Crippen LogP contribution is -2.48. The predicted molar refractivity (Wildman–Crippen MR) is 62.8 cm³/mol. The number of carbonyl (C=O) groups excluding carboxylic acids is 1. The van der Waals surface area contributed by atoms with Gasteiger partial charge in [-0.3, -0.25) is 4.79 Å². The van der Waals surface area contributed by atoms with Crippen molar-refractivity contribution in [1.82, 2.24) is 15.1 Å². The van der Waals surface area contributed by atoms with Crippen molar-refractivity contribution in [3.63, 3.8) is 0 Å². The van der Waals surface area contributed by atoms with Crippen molar-refractivity contribution in [2.24, 2.45) is 0 Å². The Morgan fingerprint density at radius 3 is 2.88 bits per heavy atom. The summed E-state index contributed by atoms with van der Waals surface area (Å²) in [5.74, 6) is -0.214. The number of nitrogens with zero attached hydrogens (tertiary/aromatic N) is 3. The van der Waals surface area contributed by atoms with E-state index in [4.69, 9.17) is 11.6 Å². The van der Waals surface area contributed by atoms with Crippen LogP contribution in [0, 0.1) is 0 Å². The summed E-state index contributed by atoms with van der Waals surface area (Å²) in [6, 6.07) is 3.07. The van der Waals surface area contributed by atoms with Crippen LogP contribution in [0.1, 0.15) is 30.3 Å². The molecule has 1 saturated heterocycles. The molecular weight excluding hydrogens is 242 g/mol. The average Bonchev–Trinajstić information content (AvgIpc) is 2.28. The molecule has 5 nitrogen and oxygen atoms in total. The van der Waals surface area contributed by atoms with E-state index in [1.165, 1.54) is 6.07 Å². The molecule has 0 spiro atoms. The van der Waals surface area contributed by atoms with Crippen LogP contribution in [-0.2, 0) is 0 Å². The zero-order valence-corrected chi connectivity index (χ0v) is 10.3. The number of likely N-dealkylation sites (tertiary alicyclic amines) is 1. The van der Waals surface area contributed by atoms with E-state index < -0.39 is 5.60 Å². The highest BCUT2D eigenvalue weighted by Crippen LogP contribution is 2.21. The lowest BCUT2D eigenvalue weighted by Gasteiger charge is -2.36. The van der Waals surface area contributed by atoms with Crippen molar-refractivity contribution in [2.45, 2.75) is 25.4 Å². The summed E-state index contributed by atoms with van der Waals surface area (Å²) < 4.78 is 0. The van der Waals surface area contributed by atoms with E-state index >= 15 is 0 Å². The molecule has 1 aromatic heterocycles. The maximum atomic E-state index is 12.1. The molecule has 1 fully saturated rings. The highest BCUT2D eigenvalue weighted by molar-refractivity contribution is 6.29. The number of hydrogen-bond acceptors (Lipinski definition) is 4. The number of aliphatic hydroxyl groups is 1. The van der Waals surface area contributed by atoms with E-state index in [2.05, 4.69) is 10.2 Å². The van der Waals surface area contributed by atoms with Gasteiger partial charge in [0.1, 0.15) is 0 Å². The van der Waals surface area contributed by atoms with Crippen LogP contribution >= 0.6 is 11.6 Å². The lowest BCUT2D eigenvalue weighted by atomic mass is 9.95. The Kier molecular flexibility index (Phi) is 3.31. The zero-order chi connectivity index (χ0) is 12.5. The van der Waals surface area contributed by atoms with Crippen LogP contribution in [-0.4, -0.2) is 44.8 Å². The quantitative estimate of drug-likeness (QED) is 0.817. The molecular formula is C11H14ClN3O2. The Labute approximate surface area is 104 Å². The van der Waals surface area contributed by atoms with Gasteiger partial charge in [0.2, 0.25) is 0 Å². The van der Waals surface area contributed by atoms with Gasteiger partial charge in [0.05, 0.1) is 5.60 Å². The molecule has 0 aliphatic carbocycles. The largest absolute Gasteiger partial charge is 0.388 e. The van der Waals surface area contributed by atoms with Crippen LogP contribution in [0.4, 0.5) is 0 Å². The van der Waals surface area contributed by atoms with E-state index in [0.717, 1.165) is 6.42 Å². The molecule has 1 unspecified atom stereocenters. The van der Waals surface area contributed by atoms with Gasteiger partial charge in [-0.15, -0.1) is 10.2 Å². The van der Waals surface area contributed by atoms with Gasteiger partial charge in [0.15, 0.2) is 10.8 Å². The first-order valence-electron chi connectivity index (χ1n) is 5.49. The minimum atomic E-state index is -0.812. The fourth-order valence-electron chi connectivity index (χ4n) is 1.99. The van der Waals surface area contributed by atoms with Crippen LogP contribution in [0.3, 0.4) is 0 Å². The molecule has 0 aromatic carbocycles. The van der Waals surface area contributed by atoms with Crippen molar-refractivity contribution in [2.75, 3.05) is 13.1 Å². The van der Waals surface area contributed by atoms with Crippen molar-refractivity contribution >= 4 is 17.5 Å². The summed E-state index contributed by atoms with van der Waals surface area (Å²) >= 11 is 5.61. The molecule has 1 aliphatic heterocycles. The summed E-state index contributed by atoms with van der Waals surface area (Å²) in [5.41, 5.74) is -0.555. The SMILES string of the molecule is CC1(O)CCCN(C(=O)c2ccc(Cl)nn2)C1. The van der Waals surface area contributed by atoms with E-state index in [1.807, 2.05) is 0 Å². The van der Waals surface area contributed by atoms with E-state index in [0.29, 0.717) is 19.5 Å². The number of halogens is 1. The summed E-state index contributed by atoms with van der Waals surface area (Å²) in [5, 5.41) is 17.6. The first-order valence-corrected chi connectivity index (χ1v) is 5.87. The molecule has 92 valence electrons. The topological polar surface area (TPSA) is 66.3 Å². The van der Waals surface area contributed by atoms with Crippen molar-refractivity contribution in [3.05, 3.63) is 23.0 Å². The Morgan fingerprint density at radius 2 is 2.29 bits per heavy atom. The monoisotopic (exact) mass is 255 g/mol. The lowest BCUT2D eigenvalue weighted by molar-refractivity contribution is -0.0109. The van der Waals surface area contributed by atoms with Crippen LogP contribution in [0.2, 0.25) is 5.15 Å². The van der Waals surface area contributed by atoms with Crippen LogP contribution < -0.4 is 0 Å². The molecule has 0 saturated carbocycles. The van der Waals surface area contributed by atoms with Crippen LogP contribution in [0.5, 0.6) is 0 Å². The molecule has 0 bridgehead atoms. The van der Waals surface area contributed by atoms with Crippen LogP contribution in [0.25, 0.3) is 0 Å². The normalized spacial score (nSPS) is 24.8. The first-order chi connectivity index (χ1) is 7.98. The molecule has 1 atom stereocenters. The third-order valence-electron chi connectivity index (χ3n) is 2.81. The maximum absolute atomic E-state index is 12.1. The van der Waals surface area contributed by atoms with Gasteiger partial charge >= 0.3 is 0 Å². The molecule has 1 aromatic rings. The highest BCUT2D eigenvalue weighted by Gasteiger charge is 2.31. The molecule has 2 heterocycles. The molecule has 1 amide bonds. The number of hydrogen-bond donors (Lipinski definition) is 1. The third kappa shape index (κ3) is 2.92. The second kappa shape index (κ2) is 4.58. The van der Waals surface area contributed by atoms with E-state index in [9.17, 15) is 9.90 Å². The molecule has 6 heteroatoms. The maximum Gasteiger partial charge on any atom is 0.274 e. The second-order valence-electron chi connectivity index (χ2n) is 4.57. The van der Waals surface area contributed by atoms with Gasteiger partial charge in [0, 0.05) is 13.1 Å². The smallest absolute Gasteiger partial charge is 0.274 e. The highest BCUT2D eigenvalue weighted by atomic mass is 35.5. The number of amides is 1. The third-order valence-corrected chi connectivity index (χ3v) is 3.01. The summed E-state index contributed by atoms with van der Waals surface area (Å²) in [4.78, 5) is 13.7. The number of β-amino-alcohol motifs (C(OH)–C–C–N with tert-alkyl or cyclic N) is 1. The first kappa shape index (κ1) is 12.3. The number of rotatable bonds is 1. The Bertz CT molecular complexity index is 419. The minimum Gasteiger partial charge on any atom is -0.388 e. The zero-order valence-electron chi connectivity index (χ0n) is 9.56. The molecule has 1 aliphatic rings. The summed E-state index contributed by atoms with van der Waals surface area (Å²) in [6.07, 6.45) is 1.50. The number of piperidine rings is 1. The minimum absolute atomic E-state index is 0.214. The predicted octanol–water partition coefficient (Wildman–Crippen LogP) is 1.12. The Morgan fingerprint density at radius 1 is 1.53 bits per heavy atom. The van der Waals surface area contributed by atoms with Gasteiger partial charge < -0.3 is 10.0 Å². The average molecular weight is 256 g/mol. The second-order valence-corrected chi connectivity index (χ2v) is 4.96. The Balaban J connectivity index is 2.12. The van der Waals surface area contributed by atoms with Gasteiger partial charge in [-0.05, 0) is 31.9 Å². The van der Waals surface area contributed by atoms with Crippen molar-refractivity contribution < 1.29 is 9.90 Å². The molecule has 1 N–H and O–H groups in total. The Hall–Kier alpha value is -1.20. The number of carbonyl (C=O) groups is 1. The van der Waals surface area contributed by atoms with Crippen molar-refractivity contribution in [3.8, 4) is 0 Å². The van der Waals surface area contributed by atoms with Crippen LogP contribution in [0.15, 0.2) is 12.1 Å². The number of aromatic nitrogens is 2. The summed E-state index contributed by atoms with van der Waals surface area (Å²) in [6.45, 7) is 2.70. The van der Waals surface area contributed by atoms with Gasteiger partial charge in [-0.25, -0.2) is 0 Å². The molecule has 0 radical (unpaired) electrons. The fraction of sp³-hybridized carbons (Fsp3) is 0.545. The van der Waals surface area contributed by atoms with Gasteiger partial charge in [-0.2, -0.15) is 0 Å². The van der Waals surface area contributed by atoms with E-state index in [-0.39, 0.29) is 16.8 Å². The van der Waals surface area contributed by atoms with Gasteiger partial charge in [0.25, 0.3) is 5.91 Å². The van der Waals surface area contributed by atoms with Crippen molar-refractivity contribution in [1.29, 1.82) is 0 Å². The van der Waals surface area contributed by atoms with E-state index in [1.54, 1.807) is 17.9 Å². The molecule has 17 heavy (non-hydrogen) atoms. The standard InChI is InChI=1S/C11H14ClN3O2/c1-11(17)5-2-6-15(7-11)10(16)8-3-4-9(12)14-13-8/h3-4,17H,2,5-7H2,1H3. The molecule has 2 rings (SSSR count). The fourth-order valence-corrected chi connectivity index (χ4v) is 2.09.